The molecular weight excluding hydrogens is 202 g/mol. The lowest BCUT2D eigenvalue weighted by atomic mass is 10.0. The molecule has 0 fully saturated rings. The summed E-state index contributed by atoms with van der Waals surface area (Å²) >= 11 is 0. The number of phenols is 1. The van der Waals surface area contributed by atoms with E-state index < -0.39 is 0 Å². The number of aldehydes is 1. The molecule has 0 amide bonds. The third-order valence-electron chi connectivity index (χ3n) is 2.60. The zero-order chi connectivity index (χ0) is 11.5. The summed E-state index contributed by atoms with van der Waals surface area (Å²) in [5, 5.41) is 9.74. The molecule has 0 atom stereocenters. The predicted molar refractivity (Wildman–Crippen MR) is 62.7 cm³/mol. The number of carbonyl (C=O) groups excluding carboxylic acids is 1. The zero-order valence-electron chi connectivity index (χ0n) is 9.03. The minimum absolute atomic E-state index is 0.187. The van der Waals surface area contributed by atoms with Gasteiger partial charge in [0.25, 0.3) is 0 Å². The van der Waals surface area contributed by atoms with Gasteiger partial charge in [-0.1, -0.05) is 25.1 Å². The molecule has 0 aliphatic carbocycles. The number of rotatable bonds is 3. The van der Waals surface area contributed by atoms with Crippen LogP contribution < -0.4 is 0 Å². The van der Waals surface area contributed by atoms with Crippen LogP contribution in [0.1, 0.15) is 23.1 Å². The summed E-state index contributed by atoms with van der Waals surface area (Å²) in [5.41, 5.74) is 2.93. The molecule has 1 heterocycles. The minimum atomic E-state index is 0.187. The number of carbonyl (C=O) groups is 1. The highest BCUT2D eigenvalue weighted by molar-refractivity contribution is 5.87. The van der Waals surface area contributed by atoms with Gasteiger partial charge in [-0.05, 0) is 18.6 Å². The second-order valence-corrected chi connectivity index (χ2v) is 3.61. The van der Waals surface area contributed by atoms with Gasteiger partial charge in [0.1, 0.15) is 5.75 Å². The van der Waals surface area contributed by atoms with Crippen LogP contribution in [0.25, 0.3) is 11.1 Å². The number of aromatic amines is 1. The molecule has 0 aliphatic heterocycles. The molecule has 0 saturated heterocycles. The lowest BCUT2D eigenvalue weighted by Crippen LogP contribution is -1.85. The number of aromatic hydroxyl groups is 1. The molecule has 2 N–H and O–H groups in total. The average Bonchev–Trinajstić information content (AvgIpc) is 2.72. The van der Waals surface area contributed by atoms with Gasteiger partial charge >= 0.3 is 0 Å². The average molecular weight is 215 g/mol. The topological polar surface area (TPSA) is 53.1 Å². The summed E-state index contributed by atoms with van der Waals surface area (Å²) in [5.74, 6) is 0.187. The number of nitrogens with one attached hydrogen (secondary N) is 1. The second-order valence-electron chi connectivity index (χ2n) is 3.61. The van der Waals surface area contributed by atoms with Gasteiger partial charge in [-0.3, -0.25) is 4.79 Å². The molecule has 0 unspecified atom stereocenters. The number of H-pyrrole nitrogens is 1. The number of hydrogen-bond acceptors (Lipinski definition) is 2. The van der Waals surface area contributed by atoms with Crippen LogP contribution in [-0.2, 0) is 6.42 Å². The van der Waals surface area contributed by atoms with Crippen LogP contribution in [0.15, 0.2) is 30.3 Å². The van der Waals surface area contributed by atoms with E-state index in [4.69, 9.17) is 0 Å². The molecule has 0 aliphatic rings. The molecular formula is C13H13NO2. The quantitative estimate of drug-likeness (QED) is 0.773. The smallest absolute Gasteiger partial charge is 0.166 e. The van der Waals surface area contributed by atoms with Gasteiger partial charge in [0, 0.05) is 16.8 Å². The normalized spacial score (nSPS) is 10.3. The van der Waals surface area contributed by atoms with Crippen LogP contribution in [0.3, 0.4) is 0 Å². The van der Waals surface area contributed by atoms with Gasteiger partial charge < -0.3 is 10.1 Å². The number of benzene rings is 1. The Morgan fingerprint density at radius 1 is 1.31 bits per heavy atom. The van der Waals surface area contributed by atoms with Crippen molar-refractivity contribution in [2.75, 3.05) is 0 Å². The van der Waals surface area contributed by atoms with Gasteiger partial charge in [-0.25, -0.2) is 0 Å². The number of hydrogen-bond donors (Lipinski definition) is 2. The Kier molecular flexibility index (Phi) is 2.77. The van der Waals surface area contributed by atoms with Crippen molar-refractivity contribution in [1.29, 1.82) is 0 Å². The first-order valence-corrected chi connectivity index (χ1v) is 5.21. The molecule has 2 rings (SSSR count). The fourth-order valence-electron chi connectivity index (χ4n) is 1.74. The van der Waals surface area contributed by atoms with E-state index in [1.54, 1.807) is 18.2 Å². The maximum Gasteiger partial charge on any atom is 0.166 e. The molecule has 0 bridgehead atoms. The van der Waals surface area contributed by atoms with Crippen molar-refractivity contribution in [1.82, 2.24) is 4.98 Å². The van der Waals surface area contributed by atoms with E-state index >= 15 is 0 Å². The van der Waals surface area contributed by atoms with Crippen molar-refractivity contribution < 1.29 is 9.90 Å². The molecule has 1 aromatic carbocycles. The Morgan fingerprint density at radius 2 is 2.06 bits per heavy atom. The fraction of sp³-hybridized carbons (Fsp3) is 0.154. The van der Waals surface area contributed by atoms with Crippen molar-refractivity contribution in [2.45, 2.75) is 13.3 Å². The first-order chi connectivity index (χ1) is 7.76. The Morgan fingerprint density at radius 3 is 2.69 bits per heavy atom. The molecule has 82 valence electrons. The minimum Gasteiger partial charge on any atom is -0.507 e. The number of aryl methyl sites for hydroxylation is 1. The summed E-state index contributed by atoms with van der Waals surface area (Å²) in [6, 6.07) is 8.90. The molecule has 3 nitrogen and oxygen atoms in total. The van der Waals surface area contributed by atoms with Crippen molar-refractivity contribution >= 4 is 6.29 Å². The van der Waals surface area contributed by atoms with Crippen LogP contribution in [-0.4, -0.2) is 16.4 Å². The Balaban J connectivity index is 2.59. The molecule has 2 aromatic rings. The van der Waals surface area contributed by atoms with E-state index in [9.17, 15) is 9.90 Å². The van der Waals surface area contributed by atoms with E-state index in [-0.39, 0.29) is 5.75 Å². The highest BCUT2D eigenvalue weighted by Gasteiger charge is 2.11. The first-order valence-electron chi connectivity index (χ1n) is 5.21. The summed E-state index contributed by atoms with van der Waals surface area (Å²) in [6.07, 6.45) is 1.61. The molecule has 0 saturated carbocycles. The number of phenolic OH excluding ortho intramolecular Hbond substituents is 1. The lowest BCUT2D eigenvalue weighted by Gasteiger charge is -2.01. The second kappa shape index (κ2) is 4.23. The van der Waals surface area contributed by atoms with Crippen LogP contribution in [0.2, 0.25) is 0 Å². The Hall–Kier alpha value is -2.03. The summed E-state index contributed by atoms with van der Waals surface area (Å²) in [7, 11) is 0. The number of para-hydroxylation sites is 1. The van der Waals surface area contributed by atoms with E-state index in [1.807, 2.05) is 19.1 Å². The lowest BCUT2D eigenvalue weighted by molar-refractivity contribution is 0.112. The zero-order valence-corrected chi connectivity index (χ0v) is 9.03. The van der Waals surface area contributed by atoms with Crippen LogP contribution in [0.5, 0.6) is 5.75 Å². The Bertz CT molecular complexity index is 514. The maximum absolute atomic E-state index is 10.9. The molecule has 3 heteroatoms. The van der Waals surface area contributed by atoms with Crippen molar-refractivity contribution in [2.24, 2.45) is 0 Å². The predicted octanol–water partition coefficient (Wildman–Crippen LogP) is 2.76. The van der Waals surface area contributed by atoms with E-state index in [2.05, 4.69) is 4.98 Å². The van der Waals surface area contributed by atoms with E-state index in [0.717, 1.165) is 24.0 Å². The summed E-state index contributed by atoms with van der Waals surface area (Å²) in [4.78, 5) is 14.0. The Labute approximate surface area is 93.7 Å². The highest BCUT2D eigenvalue weighted by Crippen LogP contribution is 2.31. The molecule has 0 radical (unpaired) electrons. The van der Waals surface area contributed by atoms with Gasteiger partial charge in [0.2, 0.25) is 0 Å². The monoisotopic (exact) mass is 215 g/mol. The van der Waals surface area contributed by atoms with Crippen molar-refractivity contribution in [3.05, 3.63) is 41.7 Å². The molecule has 1 aromatic heterocycles. The third-order valence-corrected chi connectivity index (χ3v) is 2.60. The SMILES string of the molecule is CCc1cc(-c2ccccc2O)c(C=O)[nH]1. The standard InChI is InChI=1S/C13H13NO2/c1-2-9-7-11(12(8-15)14-9)10-5-3-4-6-13(10)16/h3-8,14,16H,2H2,1H3. The van der Waals surface area contributed by atoms with Crippen LogP contribution in [0.4, 0.5) is 0 Å². The number of aromatic nitrogens is 1. The molecule has 0 spiro atoms. The first kappa shape index (κ1) is 10.5. The highest BCUT2D eigenvalue weighted by atomic mass is 16.3. The molecule has 16 heavy (non-hydrogen) atoms. The van der Waals surface area contributed by atoms with Crippen LogP contribution in [0, 0.1) is 0 Å². The van der Waals surface area contributed by atoms with E-state index in [1.165, 1.54) is 0 Å². The van der Waals surface area contributed by atoms with E-state index in [0.29, 0.717) is 11.3 Å². The summed E-state index contributed by atoms with van der Waals surface area (Å²) in [6.45, 7) is 2.01. The third kappa shape index (κ3) is 1.72. The van der Waals surface area contributed by atoms with Crippen molar-refractivity contribution in [3.8, 4) is 16.9 Å². The maximum atomic E-state index is 10.9. The van der Waals surface area contributed by atoms with Gasteiger partial charge in [-0.15, -0.1) is 0 Å². The van der Waals surface area contributed by atoms with Gasteiger partial charge in [-0.2, -0.15) is 0 Å². The van der Waals surface area contributed by atoms with Crippen LogP contribution >= 0.6 is 0 Å². The van der Waals surface area contributed by atoms with Crippen molar-refractivity contribution in [3.63, 3.8) is 0 Å². The van der Waals surface area contributed by atoms with Gasteiger partial charge in [0.15, 0.2) is 6.29 Å². The van der Waals surface area contributed by atoms with Gasteiger partial charge in [0.05, 0.1) is 5.69 Å². The largest absolute Gasteiger partial charge is 0.507 e. The fourth-order valence-corrected chi connectivity index (χ4v) is 1.74. The summed E-state index contributed by atoms with van der Waals surface area (Å²) < 4.78 is 0.